The number of urea groups is 1. The van der Waals surface area contributed by atoms with Crippen LogP contribution in [-0.2, 0) is 4.79 Å². The first kappa shape index (κ1) is 28.9. The molecule has 1 aromatic heterocycles. The van der Waals surface area contributed by atoms with Gasteiger partial charge >= 0.3 is 12.4 Å². The molecule has 0 aliphatic carbocycles. The Morgan fingerprint density at radius 2 is 1.71 bits per heavy atom. The number of ether oxygens (including phenoxy) is 1. The first-order valence-electron chi connectivity index (χ1n) is 12.8. The number of amides is 3. The highest BCUT2D eigenvalue weighted by Gasteiger charge is 2.33. The molecule has 3 amide bonds. The molecule has 0 spiro atoms. The van der Waals surface area contributed by atoms with Crippen LogP contribution >= 0.6 is 11.8 Å². The van der Waals surface area contributed by atoms with Crippen LogP contribution in [0, 0.1) is 13.8 Å². The highest BCUT2D eigenvalue weighted by Crippen LogP contribution is 2.32. The smallest absolute Gasteiger partial charge is 0.406 e. The summed E-state index contributed by atoms with van der Waals surface area (Å²) in [7, 11) is 0. The number of benzene rings is 3. The van der Waals surface area contributed by atoms with E-state index in [1.807, 2.05) is 51.1 Å². The molecule has 0 radical (unpaired) electrons. The lowest BCUT2D eigenvalue weighted by Crippen LogP contribution is -2.33. The number of amidine groups is 1. The second-order valence-corrected chi connectivity index (χ2v) is 10.4. The monoisotopic (exact) mass is 594 g/mol. The van der Waals surface area contributed by atoms with Gasteiger partial charge in [-0.05, 0) is 61.7 Å². The summed E-state index contributed by atoms with van der Waals surface area (Å²) in [6.45, 7) is 5.65. The average molecular weight is 595 g/mol. The van der Waals surface area contributed by atoms with Gasteiger partial charge in [0.25, 0.3) is 0 Å². The second-order valence-electron chi connectivity index (χ2n) is 9.50. The normalized spacial score (nSPS) is 15.2. The summed E-state index contributed by atoms with van der Waals surface area (Å²) in [6, 6.07) is 17.3. The summed E-state index contributed by atoms with van der Waals surface area (Å²) in [5.74, 6) is 0.160. The first-order chi connectivity index (χ1) is 20.0. The Kier molecular flexibility index (Phi) is 8.03. The summed E-state index contributed by atoms with van der Waals surface area (Å²) in [6.07, 6.45) is -3.31. The van der Waals surface area contributed by atoms with Crippen molar-refractivity contribution in [3.8, 4) is 22.8 Å². The summed E-state index contributed by atoms with van der Waals surface area (Å²) < 4.78 is 42.5. The van der Waals surface area contributed by atoms with Crippen molar-refractivity contribution in [3.63, 3.8) is 0 Å². The van der Waals surface area contributed by atoms with E-state index in [9.17, 15) is 22.8 Å². The molecular formula is C29H25F3N6O3S. The van der Waals surface area contributed by atoms with Crippen LogP contribution < -0.4 is 15.0 Å². The van der Waals surface area contributed by atoms with Crippen LogP contribution in [0.15, 0.2) is 78.0 Å². The third kappa shape index (κ3) is 6.46. The summed E-state index contributed by atoms with van der Waals surface area (Å²) >= 11 is 1.22. The molecule has 1 N–H and O–H groups in total. The van der Waals surface area contributed by atoms with E-state index < -0.39 is 12.4 Å². The molecule has 0 saturated carbocycles. The van der Waals surface area contributed by atoms with Crippen molar-refractivity contribution in [2.24, 2.45) is 4.99 Å². The third-order valence-corrected chi connectivity index (χ3v) is 7.38. The number of alkyl halides is 3. The predicted molar refractivity (Wildman–Crippen MR) is 154 cm³/mol. The van der Waals surface area contributed by atoms with E-state index >= 15 is 0 Å². The van der Waals surface area contributed by atoms with Crippen LogP contribution in [0.1, 0.15) is 29.7 Å². The number of hydrogen-bond acceptors (Lipinski definition) is 6. The van der Waals surface area contributed by atoms with Crippen molar-refractivity contribution in [1.29, 1.82) is 0 Å². The zero-order chi connectivity index (χ0) is 30.0. The number of carbonyl (C=O) groups is 2. The van der Waals surface area contributed by atoms with Gasteiger partial charge in [0, 0.05) is 5.56 Å². The molecule has 0 bridgehead atoms. The average Bonchev–Trinajstić information content (AvgIpc) is 3.56. The second kappa shape index (κ2) is 11.7. The van der Waals surface area contributed by atoms with E-state index in [-0.39, 0.29) is 23.5 Å². The highest BCUT2D eigenvalue weighted by molar-refractivity contribution is 8.15. The van der Waals surface area contributed by atoms with Gasteiger partial charge in [0.2, 0.25) is 5.91 Å². The molecule has 9 nitrogen and oxygen atoms in total. The van der Waals surface area contributed by atoms with E-state index in [1.165, 1.54) is 51.9 Å². The molecule has 5 rings (SSSR count). The van der Waals surface area contributed by atoms with Crippen molar-refractivity contribution in [2.45, 2.75) is 33.2 Å². The Hall–Kier alpha value is -4.65. The molecule has 1 aliphatic heterocycles. The van der Waals surface area contributed by atoms with Gasteiger partial charge in [0.15, 0.2) is 11.0 Å². The summed E-state index contributed by atoms with van der Waals surface area (Å²) in [5, 5.41) is 7.59. The van der Waals surface area contributed by atoms with E-state index in [4.69, 9.17) is 0 Å². The number of nitrogens with one attached hydrogen (secondary N) is 1. The van der Waals surface area contributed by atoms with Crippen LogP contribution in [0.25, 0.3) is 17.1 Å². The van der Waals surface area contributed by atoms with Gasteiger partial charge in [-0.1, -0.05) is 54.2 Å². The van der Waals surface area contributed by atoms with Crippen molar-refractivity contribution < 1.29 is 27.5 Å². The van der Waals surface area contributed by atoms with Crippen molar-refractivity contribution in [1.82, 2.24) is 20.1 Å². The Labute approximate surface area is 243 Å². The number of nitrogens with zero attached hydrogens (tertiary/aromatic N) is 5. The number of anilines is 1. The SMILES string of the molecule is Cc1cccc(C)c1N1C(=O)CSC1=NC(=O)NC(C)c1ccc(-c2ncn(-c3ccc(OC(F)(F)F)cc3)n2)cc1. The van der Waals surface area contributed by atoms with Gasteiger partial charge in [0.1, 0.15) is 12.1 Å². The fourth-order valence-corrected chi connectivity index (χ4v) is 5.30. The predicted octanol–water partition coefficient (Wildman–Crippen LogP) is 6.36. The van der Waals surface area contributed by atoms with Gasteiger partial charge in [-0.25, -0.2) is 14.5 Å². The first-order valence-corrected chi connectivity index (χ1v) is 13.8. The van der Waals surface area contributed by atoms with Gasteiger partial charge in [-0.3, -0.25) is 9.69 Å². The lowest BCUT2D eigenvalue weighted by molar-refractivity contribution is -0.274. The molecule has 216 valence electrons. The number of carbonyl (C=O) groups excluding carboxylic acids is 2. The molecule has 3 aromatic carbocycles. The fraction of sp³-hybridized carbons (Fsp3) is 0.207. The van der Waals surface area contributed by atoms with Gasteiger partial charge in [-0.2, -0.15) is 4.99 Å². The van der Waals surface area contributed by atoms with Crippen molar-refractivity contribution in [3.05, 3.63) is 89.7 Å². The number of aryl methyl sites for hydroxylation is 2. The lowest BCUT2D eigenvalue weighted by Gasteiger charge is -2.21. The number of hydrogen-bond donors (Lipinski definition) is 1. The van der Waals surface area contributed by atoms with Gasteiger partial charge < -0.3 is 10.1 Å². The molecule has 42 heavy (non-hydrogen) atoms. The Bertz CT molecular complexity index is 1630. The van der Waals surface area contributed by atoms with Crippen LogP contribution in [0.4, 0.5) is 23.7 Å². The number of rotatable bonds is 6. The topological polar surface area (TPSA) is 102 Å². The van der Waals surface area contributed by atoms with Crippen LogP contribution in [0.5, 0.6) is 5.75 Å². The Balaban J connectivity index is 1.24. The van der Waals surface area contributed by atoms with E-state index in [0.717, 1.165) is 22.4 Å². The Morgan fingerprint density at radius 1 is 1.05 bits per heavy atom. The Morgan fingerprint density at radius 3 is 2.36 bits per heavy atom. The molecule has 1 aliphatic rings. The molecule has 1 saturated heterocycles. The van der Waals surface area contributed by atoms with Crippen LogP contribution in [0.3, 0.4) is 0 Å². The third-order valence-electron chi connectivity index (χ3n) is 6.46. The van der Waals surface area contributed by atoms with Gasteiger partial charge in [0.05, 0.1) is 23.2 Å². The zero-order valence-corrected chi connectivity index (χ0v) is 23.5. The standard InChI is InChI=1S/C29H25F3N6O3S/c1-17-5-4-6-18(2)25(17)38-24(39)15-42-28(38)35-27(40)34-19(3)20-7-9-21(10-8-20)26-33-16-37(36-26)22-11-13-23(14-12-22)41-29(30,31)32/h4-14,16,19H,15H2,1-3H3,(H,34,40). The number of aromatic nitrogens is 3. The number of aliphatic imine (C=N–C) groups is 1. The fourth-order valence-electron chi connectivity index (χ4n) is 4.45. The number of thioether (sulfide) groups is 1. The molecule has 1 unspecified atom stereocenters. The largest absolute Gasteiger partial charge is 0.573 e. The van der Waals surface area contributed by atoms with E-state index in [0.29, 0.717) is 22.2 Å². The van der Waals surface area contributed by atoms with Crippen LogP contribution in [-0.4, -0.2) is 44.0 Å². The minimum Gasteiger partial charge on any atom is -0.406 e. The highest BCUT2D eigenvalue weighted by atomic mass is 32.2. The quantitative estimate of drug-likeness (QED) is 0.279. The molecule has 2 heterocycles. The minimum absolute atomic E-state index is 0.129. The molecule has 1 fully saturated rings. The summed E-state index contributed by atoms with van der Waals surface area (Å²) in [5.41, 5.74) is 4.61. The van der Waals surface area contributed by atoms with Crippen molar-refractivity contribution in [2.75, 3.05) is 10.7 Å². The minimum atomic E-state index is -4.76. The molecule has 4 aromatic rings. The molecule has 1 atom stereocenters. The van der Waals surface area contributed by atoms with Gasteiger partial charge in [-0.15, -0.1) is 18.3 Å². The van der Waals surface area contributed by atoms with Crippen molar-refractivity contribution >= 4 is 34.6 Å². The maximum atomic E-state index is 12.8. The zero-order valence-electron chi connectivity index (χ0n) is 22.7. The number of halogens is 3. The molecule has 13 heteroatoms. The maximum absolute atomic E-state index is 12.8. The lowest BCUT2D eigenvalue weighted by atomic mass is 10.1. The van der Waals surface area contributed by atoms with Crippen LogP contribution in [0.2, 0.25) is 0 Å². The maximum Gasteiger partial charge on any atom is 0.573 e. The van der Waals surface area contributed by atoms with E-state index in [2.05, 4.69) is 25.1 Å². The van der Waals surface area contributed by atoms with E-state index in [1.54, 1.807) is 12.1 Å². The number of para-hydroxylation sites is 1. The molecular weight excluding hydrogens is 569 g/mol. The summed E-state index contributed by atoms with van der Waals surface area (Å²) in [4.78, 5) is 35.5.